The Morgan fingerprint density at radius 3 is 2.37 bits per heavy atom. The Balaban J connectivity index is 1.91. The number of hydrogen-bond acceptors (Lipinski definition) is 3. The molecule has 2 fully saturated rings. The normalized spacial score (nSPS) is 35.2. The maximum Gasteiger partial charge on any atom is 0.0760 e. The molecule has 0 amide bonds. The molecule has 0 aliphatic carbocycles. The van der Waals surface area contributed by atoms with Gasteiger partial charge in [0.15, 0.2) is 0 Å². The molecule has 0 spiro atoms. The zero-order chi connectivity index (χ0) is 14.1. The molecule has 2 unspecified atom stereocenters. The van der Waals surface area contributed by atoms with Crippen molar-refractivity contribution in [2.24, 2.45) is 5.92 Å². The van der Waals surface area contributed by atoms with Gasteiger partial charge in [0.25, 0.3) is 0 Å². The Labute approximate surface area is 119 Å². The number of morpholine rings is 1. The van der Waals surface area contributed by atoms with Gasteiger partial charge in [-0.3, -0.25) is 4.90 Å². The van der Waals surface area contributed by atoms with Crippen molar-refractivity contribution in [1.29, 1.82) is 0 Å². The highest BCUT2D eigenvalue weighted by atomic mass is 16.5. The molecule has 1 N–H and O–H groups in total. The SMILES string of the molecule is CCC1CCNC(CN2CC(C)(C)OC(C)(C)C2)C1. The van der Waals surface area contributed by atoms with Gasteiger partial charge in [0.1, 0.15) is 0 Å². The number of nitrogens with one attached hydrogen (secondary N) is 1. The van der Waals surface area contributed by atoms with Crippen LogP contribution in [0.2, 0.25) is 0 Å². The fraction of sp³-hybridized carbons (Fsp3) is 1.00. The van der Waals surface area contributed by atoms with Crippen molar-refractivity contribution in [3.05, 3.63) is 0 Å². The van der Waals surface area contributed by atoms with Gasteiger partial charge in [0, 0.05) is 25.7 Å². The van der Waals surface area contributed by atoms with E-state index in [9.17, 15) is 0 Å². The summed E-state index contributed by atoms with van der Waals surface area (Å²) in [5, 5.41) is 3.70. The maximum absolute atomic E-state index is 6.16. The minimum atomic E-state index is -0.0272. The van der Waals surface area contributed by atoms with E-state index in [-0.39, 0.29) is 11.2 Å². The lowest BCUT2D eigenvalue weighted by atomic mass is 9.89. The molecular formula is C16H32N2O. The molecule has 2 heterocycles. The highest BCUT2D eigenvalue weighted by Gasteiger charge is 2.38. The minimum absolute atomic E-state index is 0.0272. The molecule has 2 rings (SSSR count). The molecule has 0 aromatic rings. The van der Waals surface area contributed by atoms with Crippen molar-refractivity contribution in [2.45, 2.75) is 71.1 Å². The maximum atomic E-state index is 6.16. The topological polar surface area (TPSA) is 24.5 Å². The van der Waals surface area contributed by atoms with Crippen molar-refractivity contribution in [2.75, 3.05) is 26.2 Å². The largest absolute Gasteiger partial charge is 0.367 e. The van der Waals surface area contributed by atoms with Crippen LogP contribution in [0.5, 0.6) is 0 Å². The highest BCUT2D eigenvalue weighted by molar-refractivity contribution is 4.91. The molecule has 3 heteroatoms. The summed E-state index contributed by atoms with van der Waals surface area (Å²) in [6, 6.07) is 0.670. The van der Waals surface area contributed by atoms with Crippen LogP contribution in [-0.2, 0) is 4.74 Å². The van der Waals surface area contributed by atoms with Crippen LogP contribution in [0, 0.1) is 5.92 Å². The van der Waals surface area contributed by atoms with Crippen LogP contribution >= 0.6 is 0 Å². The summed E-state index contributed by atoms with van der Waals surface area (Å²) in [5.74, 6) is 0.924. The van der Waals surface area contributed by atoms with E-state index in [1.54, 1.807) is 0 Å². The second-order valence-electron chi connectivity index (χ2n) is 7.74. The summed E-state index contributed by atoms with van der Waals surface area (Å²) < 4.78 is 6.16. The third-order valence-electron chi connectivity index (χ3n) is 4.42. The van der Waals surface area contributed by atoms with Gasteiger partial charge in [0.05, 0.1) is 11.2 Å². The van der Waals surface area contributed by atoms with E-state index in [1.807, 2.05) is 0 Å². The Kier molecular flexibility index (Phi) is 4.59. The van der Waals surface area contributed by atoms with Crippen LogP contribution < -0.4 is 5.32 Å². The molecule has 2 aliphatic rings. The molecular weight excluding hydrogens is 236 g/mol. The van der Waals surface area contributed by atoms with E-state index >= 15 is 0 Å². The van der Waals surface area contributed by atoms with Crippen LogP contribution in [0.4, 0.5) is 0 Å². The van der Waals surface area contributed by atoms with Crippen molar-refractivity contribution >= 4 is 0 Å². The highest BCUT2D eigenvalue weighted by Crippen LogP contribution is 2.29. The molecule has 0 saturated carbocycles. The lowest BCUT2D eigenvalue weighted by molar-refractivity contribution is -0.181. The summed E-state index contributed by atoms with van der Waals surface area (Å²) in [7, 11) is 0. The molecule has 2 atom stereocenters. The van der Waals surface area contributed by atoms with Gasteiger partial charge in [-0.2, -0.15) is 0 Å². The van der Waals surface area contributed by atoms with Gasteiger partial charge in [-0.05, 0) is 53.0 Å². The Bertz CT molecular complexity index is 285. The average molecular weight is 268 g/mol. The number of ether oxygens (including phenoxy) is 1. The van der Waals surface area contributed by atoms with Crippen LogP contribution in [0.3, 0.4) is 0 Å². The van der Waals surface area contributed by atoms with E-state index in [1.165, 1.54) is 32.4 Å². The summed E-state index contributed by atoms with van der Waals surface area (Å²) in [5.41, 5.74) is -0.0544. The summed E-state index contributed by atoms with van der Waals surface area (Å²) in [4.78, 5) is 2.60. The molecule has 0 aromatic carbocycles. The smallest absolute Gasteiger partial charge is 0.0760 e. The number of piperidine rings is 1. The van der Waals surface area contributed by atoms with E-state index in [2.05, 4.69) is 44.8 Å². The van der Waals surface area contributed by atoms with Crippen molar-refractivity contribution in [3.63, 3.8) is 0 Å². The first-order chi connectivity index (χ1) is 8.80. The van der Waals surface area contributed by atoms with Crippen LogP contribution in [0.25, 0.3) is 0 Å². The summed E-state index contributed by atoms with van der Waals surface area (Å²) in [6.45, 7) is 15.6. The predicted octanol–water partition coefficient (Wildman–Crippen LogP) is 2.65. The zero-order valence-electron chi connectivity index (χ0n) is 13.5. The molecule has 2 saturated heterocycles. The zero-order valence-corrected chi connectivity index (χ0v) is 13.5. The average Bonchev–Trinajstić information content (AvgIpc) is 2.24. The summed E-state index contributed by atoms with van der Waals surface area (Å²) in [6.07, 6.45) is 4.03. The molecule has 19 heavy (non-hydrogen) atoms. The van der Waals surface area contributed by atoms with Crippen molar-refractivity contribution < 1.29 is 4.74 Å². The van der Waals surface area contributed by atoms with Crippen molar-refractivity contribution in [3.8, 4) is 0 Å². The second-order valence-corrected chi connectivity index (χ2v) is 7.74. The van der Waals surface area contributed by atoms with E-state index in [4.69, 9.17) is 4.74 Å². The third-order valence-corrected chi connectivity index (χ3v) is 4.42. The Hall–Kier alpha value is -0.120. The standard InChI is InChI=1S/C16H32N2O/c1-6-13-7-8-17-14(9-13)10-18-11-15(2,3)19-16(4,5)12-18/h13-14,17H,6-12H2,1-5H3. The Morgan fingerprint density at radius 2 is 1.79 bits per heavy atom. The van der Waals surface area contributed by atoms with Gasteiger partial charge in [-0.15, -0.1) is 0 Å². The number of nitrogens with zero attached hydrogens (tertiary/aromatic N) is 1. The third kappa shape index (κ3) is 4.44. The van der Waals surface area contributed by atoms with Gasteiger partial charge in [-0.25, -0.2) is 0 Å². The molecule has 0 radical (unpaired) electrons. The lowest BCUT2D eigenvalue weighted by Gasteiger charge is -2.48. The quantitative estimate of drug-likeness (QED) is 0.851. The number of rotatable bonds is 3. The predicted molar refractivity (Wildman–Crippen MR) is 80.5 cm³/mol. The van der Waals surface area contributed by atoms with Gasteiger partial charge < -0.3 is 10.1 Å². The van der Waals surface area contributed by atoms with E-state index < -0.39 is 0 Å². The Morgan fingerprint density at radius 1 is 1.16 bits per heavy atom. The number of hydrogen-bond donors (Lipinski definition) is 1. The first-order valence-electron chi connectivity index (χ1n) is 7.95. The van der Waals surface area contributed by atoms with Crippen LogP contribution in [0.15, 0.2) is 0 Å². The molecule has 2 aliphatic heterocycles. The first-order valence-corrected chi connectivity index (χ1v) is 7.95. The van der Waals surface area contributed by atoms with Crippen LogP contribution in [-0.4, -0.2) is 48.3 Å². The van der Waals surface area contributed by atoms with Crippen LogP contribution in [0.1, 0.15) is 53.9 Å². The lowest BCUT2D eigenvalue weighted by Crippen LogP contribution is -2.59. The molecule has 0 bridgehead atoms. The summed E-state index contributed by atoms with van der Waals surface area (Å²) >= 11 is 0. The van der Waals surface area contributed by atoms with E-state index in [0.29, 0.717) is 6.04 Å². The minimum Gasteiger partial charge on any atom is -0.367 e. The first kappa shape index (κ1) is 15.3. The molecule has 3 nitrogen and oxygen atoms in total. The van der Waals surface area contributed by atoms with Gasteiger partial charge >= 0.3 is 0 Å². The fourth-order valence-electron chi connectivity index (χ4n) is 3.99. The monoisotopic (exact) mass is 268 g/mol. The van der Waals surface area contributed by atoms with Gasteiger partial charge in [-0.1, -0.05) is 13.3 Å². The van der Waals surface area contributed by atoms with Crippen molar-refractivity contribution in [1.82, 2.24) is 10.2 Å². The van der Waals surface area contributed by atoms with Gasteiger partial charge in [0.2, 0.25) is 0 Å². The fourth-order valence-corrected chi connectivity index (χ4v) is 3.99. The second kappa shape index (κ2) is 5.71. The molecule has 0 aromatic heterocycles. The van der Waals surface area contributed by atoms with E-state index in [0.717, 1.165) is 19.0 Å². The molecule has 112 valence electrons.